The van der Waals surface area contributed by atoms with E-state index < -0.39 is 0 Å². The number of nitrogens with zero attached hydrogens (tertiary/aromatic N) is 2. The first kappa shape index (κ1) is 15.8. The maximum atomic E-state index is 13.2. The zero-order chi connectivity index (χ0) is 17.0. The normalized spacial score (nSPS) is 25.0. The first-order valence-electron chi connectivity index (χ1n) is 8.55. The van der Waals surface area contributed by atoms with Gasteiger partial charge in [-0.1, -0.05) is 29.3 Å². The first-order chi connectivity index (χ1) is 11.5. The van der Waals surface area contributed by atoms with Crippen molar-refractivity contribution < 1.29 is 4.79 Å². The van der Waals surface area contributed by atoms with Crippen molar-refractivity contribution in [2.24, 2.45) is 17.6 Å². The van der Waals surface area contributed by atoms with Crippen LogP contribution in [-0.4, -0.2) is 34.9 Å². The van der Waals surface area contributed by atoms with Crippen molar-refractivity contribution in [3.05, 3.63) is 40.0 Å². The maximum Gasteiger partial charge on any atom is 0.274 e. The Morgan fingerprint density at radius 3 is 2.67 bits per heavy atom. The van der Waals surface area contributed by atoms with E-state index in [1.807, 2.05) is 11.8 Å². The van der Waals surface area contributed by atoms with Crippen LogP contribution in [0.5, 0.6) is 0 Å². The second-order valence-electron chi connectivity index (χ2n) is 7.21. The van der Waals surface area contributed by atoms with Gasteiger partial charge in [0.2, 0.25) is 0 Å². The van der Waals surface area contributed by atoms with Gasteiger partial charge >= 0.3 is 0 Å². The van der Waals surface area contributed by atoms with E-state index in [2.05, 4.69) is 37.0 Å². The van der Waals surface area contributed by atoms with Crippen LogP contribution in [0.2, 0.25) is 0 Å². The molecule has 5 heteroatoms. The summed E-state index contributed by atoms with van der Waals surface area (Å²) in [4.78, 5) is 20.7. The molecule has 126 valence electrons. The minimum atomic E-state index is 0.0520. The van der Waals surface area contributed by atoms with Crippen molar-refractivity contribution in [3.63, 3.8) is 0 Å². The smallest absolute Gasteiger partial charge is 0.274 e. The molecule has 3 atom stereocenters. The quantitative estimate of drug-likeness (QED) is 0.933. The Morgan fingerprint density at radius 1 is 1.29 bits per heavy atom. The van der Waals surface area contributed by atoms with Crippen molar-refractivity contribution >= 4 is 17.2 Å². The van der Waals surface area contributed by atoms with Gasteiger partial charge in [-0.15, -0.1) is 11.3 Å². The van der Waals surface area contributed by atoms with Gasteiger partial charge in [0.25, 0.3) is 5.91 Å². The predicted molar refractivity (Wildman–Crippen MR) is 97.2 cm³/mol. The number of carbonyl (C=O) groups is 1. The first-order valence-corrected chi connectivity index (χ1v) is 9.36. The molecule has 0 spiro atoms. The van der Waals surface area contributed by atoms with Crippen LogP contribution in [0.3, 0.4) is 0 Å². The van der Waals surface area contributed by atoms with Crippen LogP contribution in [0.25, 0.3) is 10.4 Å². The van der Waals surface area contributed by atoms with Gasteiger partial charge in [0.05, 0.1) is 9.88 Å². The van der Waals surface area contributed by atoms with Gasteiger partial charge in [-0.05, 0) is 44.6 Å². The summed E-state index contributed by atoms with van der Waals surface area (Å²) in [6.45, 7) is 7.53. The Kier molecular flexibility index (Phi) is 3.73. The molecule has 2 aromatic rings. The predicted octanol–water partition coefficient (Wildman–Crippen LogP) is 3.15. The van der Waals surface area contributed by atoms with E-state index in [1.54, 1.807) is 11.3 Å². The zero-order valence-corrected chi connectivity index (χ0v) is 15.2. The maximum absolute atomic E-state index is 13.2. The second-order valence-corrected chi connectivity index (χ2v) is 8.41. The third-order valence-corrected chi connectivity index (χ3v) is 6.25. The molecule has 2 N–H and O–H groups in total. The molecule has 1 aromatic heterocycles. The Labute approximate surface area is 146 Å². The molecule has 2 heterocycles. The number of carbonyl (C=O) groups excluding carboxylic acids is 1. The number of piperidine rings is 1. The topological polar surface area (TPSA) is 59.2 Å². The van der Waals surface area contributed by atoms with Crippen LogP contribution in [0.15, 0.2) is 18.2 Å². The highest BCUT2D eigenvalue weighted by atomic mass is 32.1. The molecule has 0 unspecified atom stereocenters. The third-order valence-electron chi connectivity index (χ3n) is 5.23. The van der Waals surface area contributed by atoms with Crippen LogP contribution in [-0.2, 0) is 0 Å². The lowest BCUT2D eigenvalue weighted by Gasteiger charge is -2.26. The van der Waals surface area contributed by atoms with Crippen LogP contribution in [0, 0.1) is 32.6 Å². The Hall–Kier alpha value is -1.72. The number of benzene rings is 1. The Bertz CT molecular complexity index is 793. The summed E-state index contributed by atoms with van der Waals surface area (Å²) < 4.78 is 0. The lowest BCUT2D eigenvalue weighted by Crippen LogP contribution is -2.43. The fraction of sp³-hybridized carbons (Fsp3) is 0.474. The van der Waals surface area contributed by atoms with Crippen molar-refractivity contribution in [1.29, 1.82) is 0 Å². The summed E-state index contributed by atoms with van der Waals surface area (Å²) in [6, 6.07) is 6.62. The molecule has 1 aliphatic carbocycles. The number of hydrogen-bond donors (Lipinski definition) is 1. The van der Waals surface area contributed by atoms with Crippen LogP contribution in [0.4, 0.5) is 0 Å². The molecule has 0 bridgehead atoms. The van der Waals surface area contributed by atoms with E-state index in [9.17, 15) is 4.79 Å². The van der Waals surface area contributed by atoms with E-state index in [-0.39, 0.29) is 11.9 Å². The average molecular weight is 341 g/mol. The second kappa shape index (κ2) is 5.67. The highest BCUT2D eigenvalue weighted by Gasteiger charge is 2.53. The molecular formula is C19H23N3OS. The van der Waals surface area contributed by atoms with E-state index in [0.717, 1.165) is 22.0 Å². The molecule has 2 aliphatic rings. The lowest BCUT2D eigenvalue weighted by atomic mass is 10.0. The largest absolute Gasteiger partial charge is 0.332 e. The van der Waals surface area contributed by atoms with Gasteiger partial charge in [-0.3, -0.25) is 4.79 Å². The fourth-order valence-corrected chi connectivity index (χ4v) is 5.01. The minimum Gasteiger partial charge on any atom is -0.332 e. The summed E-state index contributed by atoms with van der Waals surface area (Å²) in [5, 5.41) is 0.932. The van der Waals surface area contributed by atoms with Crippen molar-refractivity contribution in [3.8, 4) is 10.4 Å². The van der Waals surface area contributed by atoms with E-state index >= 15 is 0 Å². The number of amides is 1. The number of aromatic nitrogens is 1. The summed E-state index contributed by atoms with van der Waals surface area (Å²) in [7, 11) is 0. The van der Waals surface area contributed by atoms with Gasteiger partial charge in [0.1, 0.15) is 5.69 Å². The molecule has 2 fully saturated rings. The SMILES string of the molecule is Cc1cc(C)cc(-c2sc(C)nc2C(=O)N2C[C@@H]3C[C@@H]3[C@H]2CN)c1. The lowest BCUT2D eigenvalue weighted by molar-refractivity contribution is 0.0708. The summed E-state index contributed by atoms with van der Waals surface area (Å²) in [5.74, 6) is 1.33. The summed E-state index contributed by atoms with van der Waals surface area (Å²) in [6.07, 6.45) is 1.23. The van der Waals surface area contributed by atoms with Crippen molar-refractivity contribution in [1.82, 2.24) is 9.88 Å². The third kappa shape index (κ3) is 2.56. The molecule has 4 rings (SSSR count). The van der Waals surface area contributed by atoms with Crippen molar-refractivity contribution in [2.75, 3.05) is 13.1 Å². The van der Waals surface area contributed by atoms with Gasteiger partial charge in [0, 0.05) is 19.1 Å². The van der Waals surface area contributed by atoms with Gasteiger partial charge in [0.15, 0.2) is 0 Å². The van der Waals surface area contributed by atoms with Crippen LogP contribution < -0.4 is 5.73 Å². The highest BCUT2D eigenvalue weighted by molar-refractivity contribution is 7.15. The number of hydrogen-bond acceptors (Lipinski definition) is 4. The Balaban J connectivity index is 1.72. The molecule has 24 heavy (non-hydrogen) atoms. The number of likely N-dealkylation sites (tertiary alicyclic amines) is 1. The number of nitrogens with two attached hydrogens (primary N) is 1. The van der Waals surface area contributed by atoms with E-state index in [0.29, 0.717) is 24.1 Å². The molecule has 1 saturated heterocycles. The number of aryl methyl sites for hydroxylation is 3. The monoisotopic (exact) mass is 341 g/mol. The molecule has 1 saturated carbocycles. The van der Waals surface area contributed by atoms with Gasteiger partial charge < -0.3 is 10.6 Å². The fourth-order valence-electron chi connectivity index (χ4n) is 4.12. The molecule has 1 aliphatic heterocycles. The van der Waals surface area contributed by atoms with Gasteiger partial charge in [-0.25, -0.2) is 4.98 Å². The van der Waals surface area contributed by atoms with Crippen LogP contribution >= 0.6 is 11.3 Å². The molecular weight excluding hydrogens is 318 g/mol. The van der Waals surface area contributed by atoms with Gasteiger partial charge in [-0.2, -0.15) is 0 Å². The molecule has 1 amide bonds. The zero-order valence-electron chi connectivity index (χ0n) is 14.4. The number of fused-ring (bicyclic) bond motifs is 1. The molecule has 1 aromatic carbocycles. The number of thiazole rings is 1. The average Bonchev–Trinajstić information content (AvgIpc) is 3.02. The highest BCUT2D eigenvalue weighted by Crippen LogP contribution is 2.49. The van der Waals surface area contributed by atoms with Crippen molar-refractivity contribution in [2.45, 2.75) is 33.2 Å². The minimum absolute atomic E-state index is 0.0520. The number of rotatable bonds is 3. The summed E-state index contributed by atoms with van der Waals surface area (Å²) in [5.41, 5.74) is 10.0. The Morgan fingerprint density at radius 2 is 2.00 bits per heavy atom. The van der Waals surface area contributed by atoms with E-state index in [4.69, 9.17) is 5.73 Å². The summed E-state index contributed by atoms with van der Waals surface area (Å²) >= 11 is 1.60. The van der Waals surface area contributed by atoms with E-state index in [1.165, 1.54) is 17.5 Å². The standard InChI is InChI=1S/C19H23N3OS/c1-10-4-11(2)6-13(5-10)18-17(21-12(3)24-18)19(23)22-9-14-7-15(14)16(22)8-20/h4-6,14-16H,7-9,20H2,1-3H3/t14-,15-,16+/m0/s1. The van der Waals surface area contributed by atoms with Crippen LogP contribution in [0.1, 0.15) is 33.0 Å². The molecule has 0 radical (unpaired) electrons. The molecule has 4 nitrogen and oxygen atoms in total.